The molecule has 0 fully saturated rings. The summed E-state index contributed by atoms with van der Waals surface area (Å²) in [6, 6.07) is 0. The molecule has 0 spiro atoms. The fourth-order valence-corrected chi connectivity index (χ4v) is 1.83. The van der Waals surface area contributed by atoms with Gasteiger partial charge in [-0.2, -0.15) is 0 Å². The Morgan fingerprint density at radius 1 is 1.11 bits per heavy atom. The van der Waals surface area contributed by atoms with Gasteiger partial charge < -0.3 is 10.2 Å². The summed E-state index contributed by atoms with van der Waals surface area (Å²) in [5.74, 6) is -2.31. The standard InChI is InChI=1S/C13H25NO4/c1-3-4-5-6-7-8-14(10-12(15)16)9-11(2)13(17)18/h11H,3-10H2,1-2H3,(H,15,16)(H,17,18). The Hall–Kier alpha value is -1.10. The van der Waals surface area contributed by atoms with Crippen molar-refractivity contribution in [3.05, 3.63) is 0 Å². The Kier molecular flexibility index (Phi) is 9.28. The van der Waals surface area contributed by atoms with E-state index < -0.39 is 17.9 Å². The first kappa shape index (κ1) is 16.9. The molecule has 0 saturated heterocycles. The molecule has 0 heterocycles. The normalized spacial score (nSPS) is 12.6. The monoisotopic (exact) mass is 259 g/mol. The second-order valence-electron chi connectivity index (χ2n) is 4.78. The summed E-state index contributed by atoms with van der Waals surface area (Å²) in [7, 11) is 0. The molecule has 2 N–H and O–H groups in total. The van der Waals surface area contributed by atoms with Crippen molar-refractivity contribution in [2.24, 2.45) is 5.92 Å². The highest BCUT2D eigenvalue weighted by atomic mass is 16.4. The van der Waals surface area contributed by atoms with Gasteiger partial charge in [0, 0.05) is 6.54 Å². The van der Waals surface area contributed by atoms with Crippen LogP contribution in [0.3, 0.4) is 0 Å². The van der Waals surface area contributed by atoms with Crippen molar-refractivity contribution < 1.29 is 19.8 Å². The van der Waals surface area contributed by atoms with E-state index >= 15 is 0 Å². The highest BCUT2D eigenvalue weighted by Gasteiger charge is 2.17. The van der Waals surface area contributed by atoms with Crippen LogP contribution in [0.25, 0.3) is 0 Å². The molecule has 0 aliphatic heterocycles. The van der Waals surface area contributed by atoms with Crippen molar-refractivity contribution >= 4 is 11.9 Å². The van der Waals surface area contributed by atoms with Gasteiger partial charge in [0.2, 0.25) is 0 Å². The highest BCUT2D eigenvalue weighted by Crippen LogP contribution is 2.06. The number of aliphatic carboxylic acids is 2. The van der Waals surface area contributed by atoms with Crippen LogP contribution in [-0.4, -0.2) is 46.7 Å². The van der Waals surface area contributed by atoms with Gasteiger partial charge in [-0.05, 0) is 13.0 Å². The van der Waals surface area contributed by atoms with E-state index in [2.05, 4.69) is 6.92 Å². The molecule has 0 aliphatic carbocycles. The zero-order chi connectivity index (χ0) is 14.0. The molecule has 0 aromatic rings. The summed E-state index contributed by atoms with van der Waals surface area (Å²) in [4.78, 5) is 23.2. The van der Waals surface area contributed by atoms with E-state index in [4.69, 9.17) is 10.2 Å². The van der Waals surface area contributed by atoms with Crippen LogP contribution in [0.1, 0.15) is 46.0 Å². The Bertz CT molecular complexity index is 255. The van der Waals surface area contributed by atoms with Gasteiger partial charge in [-0.25, -0.2) is 0 Å². The lowest BCUT2D eigenvalue weighted by molar-refractivity contribution is -0.144. The van der Waals surface area contributed by atoms with Crippen molar-refractivity contribution in [3.63, 3.8) is 0 Å². The van der Waals surface area contributed by atoms with Crippen LogP contribution in [0, 0.1) is 5.92 Å². The van der Waals surface area contributed by atoms with Gasteiger partial charge in [0.25, 0.3) is 0 Å². The lowest BCUT2D eigenvalue weighted by Gasteiger charge is -2.22. The predicted molar refractivity (Wildman–Crippen MR) is 69.6 cm³/mol. The quantitative estimate of drug-likeness (QED) is 0.555. The largest absolute Gasteiger partial charge is 0.481 e. The van der Waals surface area contributed by atoms with E-state index in [9.17, 15) is 9.59 Å². The molecule has 106 valence electrons. The van der Waals surface area contributed by atoms with Gasteiger partial charge in [-0.1, -0.05) is 39.5 Å². The third kappa shape index (κ3) is 8.98. The molecule has 5 heteroatoms. The molecule has 0 aliphatic rings. The fourth-order valence-electron chi connectivity index (χ4n) is 1.83. The molecular formula is C13H25NO4. The second kappa shape index (κ2) is 9.88. The Morgan fingerprint density at radius 3 is 2.22 bits per heavy atom. The van der Waals surface area contributed by atoms with Gasteiger partial charge in [0.15, 0.2) is 0 Å². The molecule has 1 atom stereocenters. The molecule has 0 rings (SSSR count). The lowest BCUT2D eigenvalue weighted by atomic mass is 10.1. The number of carbonyl (C=O) groups is 2. The van der Waals surface area contributed by atoms with Crippen molar-refractivity contribution in [2.75, 3.05) is 19.6 Å². The fraction of sp³-hybridized carbons (Fsp3) is 0.846. The van der Waals surface area contributed by atoms with E-state index in [1.54, 1.807) is 11.8 Å². The Labute approximate surface area is 109 Å². The zero-order valence-electron chi connectivity index (χ0n) is 11.4. The molecule has 0 radical (unpaired) electrons. The van der Waals surface area contributed by atoms with E-state index in [0.717, 1.165) is 19.3 Å². The number of carboxylic acids is 2. The SMILES string of the molecule is CCCCCCCN(CC(=O)O)CC(C)C(=O)O. The van der Waals surface area contributed by atoms with Crippen molar-refractivity contribution in [1.82, 2.24) is 4.90 Å². The summed E-state index contributed by atoms with van der Waals surface area (Å²) in [5, 5.41) is 17.6. The number of nitrogens with zero attached hydrogens (tertiary/aromatic N) is 1. The van der Waals surface area contributed by atoms with E-state index in [1.165, 1.54) is 12.8 Å². The maximum absolute atomic E-state index is 10.8. The number of unbranched alkanes of at least 4 members (excludes halogenated alkanes) is 4. The highest BCUT2D eigenvalue weighted by molar-refractivity contribution is 5.70. The van der Waals surface area contributed by atoms with Crippen LogP contribution in [0.15, 0.2) is 0 Å². The first-order valence-electron chi connectivity index (χ1n) is 6.64. The topological polar surface area (TPSA) is 77.8 Å². The third-order valence-electron chi connectivity index (χ3n) is 2.89. The van der Waals surface area contributed by atoms with E-state index in [-0.39, 0.29) is 6.54 Å². The van der Waals surface area contributed by atoms with Gasteiger partial charge in [0.1, 0.15) is 0 Å². The van der Waals surface area contributed by atoms with Crippen LogP contribution in [0.4, 0.5) is 0 Å². The number of carboxylic acid groups (broad SMARTS) is 2. The molecule has 0 aromatic carbocycles. The van der Waals surface area contributed by atoms with E-state index in [1.807, 2.05) is 0 Å². The van der Waals surface area contributed by atoms with Gasteiger partial charge in [0.05, 0.1) is 12.5 Å². The molecule has 0 amide bonds. The number of rotatable bonds is 11. The van der Waals surface area contributed by atoms with Gasteiger partial charge in [-0.3, -0.25) is 14.5 Å². The molecule has 0 bridgehead atoms. The van der Waals surface area contributed by atoms with Crippen LogP contribution in [0.5, 0.6) is 0 Å². The van der Waals surface area contributed by atoms with Crippen molar-refractivity contribution in [2.45, 2.75) is 46.0 Å². The van der Waals surface area contributed by atoms with E-state index in [0.29, 0.717) is 13.1 Å². The predicted octanol–water partition coefficient (Wildman–Crippen LogP) is 2.06. The summed E-state index contributed by atoms with van der Waals surface area (Å²) < 4.78 is 0. The number of hydrogen-bond donors (Lipinski definition) is 2. The van der Waals surface area contributed by atoms with Crippen LogP contribution < -0.4 is 0 Å². The van der Waals surface area contributed by atoms with Crippen LogP contribution >= 0.6 is 0 Å². The molecular weight excluding hydrogens is 234 g/mol. The minimum absolute atomic E-state index is 0.0780. The van der Waals surface area contributed by atoms with Crippen LogP contribution in [-0.2, 0) is 9.59 Å². The maximum atomic E-state index is 10.8. The summed E-state index contributed by atoms with van der Waals surface area (Å²) in [5.41, 5.74) is 0. The first-order chi connectivity index (χ1) is 8.47. The average Bonchev–Trinajstić information content (AvgIpc) is 2.27. The Balaban J connectivity index is 3.99. The molecule has 0 saturated carbocycles. The molecule has 5 nitrogen and oxygen atoms in total. The van der Waals surface area contributed by atoms with Crippen molar-refractivity contribution in [1.29, 1.82) is 0 Å². The summed E-state index contributed by atoms with van der Waals surface area (Å²) in [6.45, 7) is 4.63. The minimum atomic E-state index is -0.902. The van der Waals surface area contributed by atoms with Gasteiger partial charge >= 0.3 is 11.9 Å². The summed E-state index contributed by atoms with van der Waals surface area (Å²) in [6.07, 6.45) is 5.54. The summed E-state index contributed by atoms with van der Waals surface area (Å²) >= 11 is 0. The maximum Gasteiger partial charge on any atom is 0.317 e. The third-order valence-corrected chi connectivity index (χ3v) is 2.89. The Morgan fingerprint density at radius 2 is 1.72 bits per heavy atom. The van der Waals surface area contributed by atoms with Crippen molar-refractivity contribution in [3.8, 4) is 0 Å². The second-order valence-corrected chi connectivity index (χ2v) is 4.78. The smallest absolute Gasteiger partial charge is 0.317 e. The lowest BCUT2D eigenvalue weighted by Crippen LogP contribution is -2.36. The zero-order valence-corrected chi connectivity index (χ0v) is 11.4. The number of hydrogen-bond acceptors (Lipinski definition) is 3. The molecule has 1 unspecified atom stereocenters. The first-order valence-corrected chi connectivity index (χ1v) is 6.64. The van der Waals surface area contributed by atoms with Crippen LogP contribution in [0.2, 0.25) is 0 Å². The molecule has 18 heavy (non-hydrogen) atoms. The average molecular weight is 259 g/mol. The molecule has 0 aromatic heterocycles. The van der Waals surface area contributed by atoms with Gasteiger partial charge in [-0.15, -0.1) is 0 Å². The minimum Gasteiger partial charge on any atom is -0.481 e.